The number of carbonyl (C=O) groups is 2. The lowest BCUT2D eigenvalue weighted by Gasteiger charge is -2.20. The Kier molecular flexibility index (Phi) is 60.5. The van der Waals surface area contributed by atoms with Gasteiger partial charge in [-0.2, -0.15) is 0 Å². The van der Waals surface area contributed by atoms with Crippen LogP contribution in [0, 0.1) is 0 Å². The van der Waals surface area contributed by atoms with E-state index in [9.17, 15) is 19.8 Å². The summed E-state index contributed by atoms with van der Waals surface area (Å²) in [4.78, 5) is 24.5. The molecule has 0 rings (SSSR count). The first kappa shape index (κ1) is 70.8. The van der Waals surface area contributed by atoms with E-state index in [0.29, 0.717) is 19.4 Å². The third-order valence-electron chi connectivity index (χ3n) is 14.8. The Bertz CT molecular complexity index is 1230. The molecule has 2 atom stereocenters. The van der Waals surface area contributed by atoms with Gasteiger partial charge in [0.2, 0.25) is 5.91 Å². The molecule has 3 N–H and O–H groups in total. The van der Waals surface area contributed by atoms with Crippen molar-refractivity contribution in [3.05, 3.63) is 48.6 Å². The van der Waals surface area contributed by atoms with Crippen LogP contribution in [0.15, 0.2) is 48.6 Å². The Morgan fingerprint density at radius 3 is 1.07 bits per heavy atom. The first-order chi connectivity index (χ1) is 36.0. The largest absolute Gasteiger partial charge is 0.466 e. The Morgan fingerprint density at radius 1 is 0.384 bits per heavy atom. The van der Waals surface area contributed by atoms with Crippen molar-refractivity contribution in [2.75, 3.05) is 13.2 Å². The highest BCUT2D eigenvalue weighted by Gasteiger charge is 2.18. The third-order valence-corrected chi connectivity index (χ3v) is 14.8. The van der Waals surface area contributed by atoms with Gasteiger partial charge in [0.05, 0.1) is 25.4 Å². The fraction of sp³-hybridized carbons (Fsp3) is 0.851. The van der Waals surface area contributed by atoms with E-state index in [2.05, 4.69) is 55.6 Å². The number of aliphatic hydroxyl groups excluding tert-OH is 2. The lowest BCUT2D eigenvalue weighted by Crippen LogP contribution is -2.45. The van der Waals surface area contributed by atoms with Gasteiger partial charge in [0.1, 0.15) is 0 Å². The zero-order valence-corrected chi connectivity index (χ0v) is 48.9. The molecule has 0 aromatic heterocycles. The van der Waals surface area contributed by atoms with E-state index >= 15 is 0 Å². The highest BCUT2D eigenvalue weighted by Crippen LogP contribution is 2.17. The predicted molar refractivity (Wildman–Crippen MR) is 319 cm³/mol. The maximum atomic E-state index is 12.4. The molecule has 0 heterocycles. The van der Waals surface area contributed by atoms with Gasteiger partial charge in [0.25, 0.3) is 0 Å². The number of esters is 1. The van der Waals surface area contributed by atoms with E-state index < -0.39 is 12.1 Å². The maximum absolute atomic E-state index is 12.4. The SMILES string of the molecule is CCCCCC/C=C\C/C=C\CCCCCCCCCC(=O)OCCCCCCCCCCCCCC/C=C\CCCCCCCCCCCCCC(=O)NC(CO)C(O)/C=C/CCCCCCCCCCC. The van der Waals surface area contributed by atoms with Crippen molar-refractivity contribution in [3.63, 3.8) is 0 Å². The number of ether oxygens (including phenoxy) is 1. The van der Waals surface area contributed by atoms with Gasteiger partial charge in [-0.1, -0.05) is 287 Å². The molecule has 0 saturated carbocycles. The number of allylic oxidation sites excluding steroid dienone is 7. The molecule has 0 aromatic carbocycles. The van der Waals surface area contributed by atoms with Crippen LogP contribution in [-0.4, -0.2) is 47.4 Å². The van der Waals surface area contributed by atoms with E-state index in [1.165, 1.54) is 263 Å². The zero-order chi connectivity index (χ0) is 52.9. The highest BCUT2D eigenvalue weighted by molar-refractivity contribution is 5.76. The lowest BCUT2D eigenvalue weighted by molar-refractivity contribution is -0.143. The van der Waals surface area contributed by atoms with E-state index in [1.54, 1.807) is 6.08 Å². The third kappa shape index (κ3) is 58.9. The second kappa shape index (κ2) is 62.4. The van der Waals surface area contributed by atoms with Gasteiger partial charge in [0, 0.05) is 12.8 Å². The number of aliphatic hydroxyl groups is 2. The second-order valence-corrected chi connectivity index (χ2v) is 22.1. The average Bonchev–Trinajstić information content (AvgIpc) is 3.39. The molecule has 0 radical (unpaired) electrons. The number of carbonyl (C=O) groups excluding carboxylic acids is 2. The molecule has 428 valence electrons. The topological polar surface area (TPSA) is 95.9 Å². The molecular formula is C67H125NO5. The number of unbranched alkanes of at least 4 members (excludes halogenated alkanes) is 43. The fourth-order valence-corrected chi connectivity index (χ4v) is 9.84. The molecule has 6 heteroatoms. The molecule has 0 bridgehead atoms. The maximum Gasteiger partial charge on any atom is 0.305 e. The summed E-state index contributed by atoms with van der Waals surface area (Å²) in [5.41, 5.74) is 0. The smallest absolute Gasteiger partial charge is 0.305 e. The van der Waals surface area contributed by atoms with E-state index in [4.69, 9.17) is 4.74 Å². The van der Waals surface area contributed by atoms with Crippen LogP contribution in [0.1, 0.15) is 341 Å². The number of rotatable bonds is 60. The van der Waals surface area contributed by atoms with Gasteiger partial charge in [-0.3, -0.25) is 9.59 Å². The van der Waals surface area contributed by atoms with Crippen molar-refractivity contribution in [3.8, 4) is 0 Å². The standard InChI is InChI=1S/C67H125NO5/c1-3-5-7-9-11-13-15-16-17-18-31-34-37-41-45-49-53-57-61-67(72)73-62-58-54-50-46-42-38-35-32-29-27-25-23-21-19-20-22-24-26-28-30-33-36-40-44-48-52-56-60-66(71)68-64(63-69)65(70)59-55-51-47-43-39-14-12-10-8-6-4-2/h13,15,17-20,55,59,64-65,69-70H,3-12,14,16,21-54,56-58,60-63H2,1-2H3,(H,68,71)/b15-13-,18-17-,20-19-,59-55+. The summed E-state index contributed by atoms with van der Waals surface area (Å²) in [5, 5.41) is 23.0. The molecule has 6 nitrogen and oxygen atoms in total. The van der Waals surface area contributed by atoms with Crippen molar-refractivity contribution >= 4 is 11.9 Å². The average molecular weight is 1020 g/mol. The molecule has 0 saturated heterocycles. The van der Waals surface area contributed by atoms with Crippen LogP contribution in [-0.2, 0) is 14.3 Å². The van der Waals surface area contributed by atoms with E-state index in [1.807, 2.05) is 6.08 Å². The van der Waals surface area contributed by atoms with Crippen LogP contribution in [0.4, 0.5) is 0 Å². The molecule has 0 aliphatic carbocycles. The Balaban J connectivity index is 3.38. The molecule has 1 amide bonds. The first-order valence-electron chi connectivity index (χ1n) is 32.4. The van der Waals surface area contributed by atoms with Crippen molar-refractivity contribution in [2.45, 2.75) is 353 Å². The van der Waals surface area contributed by atoms with Crippen LogP contribution in [0.3, 0.4) is 0 Å². The van der Waals surface area contributed by atoms with Crippen molar-refractivity contribution in [1.29, 1.82) is 0 Å². The number of hydrogen-bond acceptors (Lipinski definition) is 5. The van der Waals surface area contributed by atoms with E-state index in [0.717, 1.165) is 51.4 Å². The van der Waals surface area contributed by atoms with Gasteiger partial charge >= 0.3 is 5.97 Å². The molecular weight excluding hydrogens is 899 g/mol. The van der Waals surface area contributed by atoms with Crippen LogP contribution >= 0.6 is 0 Å². The molecule has 0 aliphatic rings. The quantitative estimate of drug-likeness (QED) is 0.0320. The number of amides is 1. The highest BCUT2D eigenvalue weighted by atomic mass is 16.5. The molecule has 0 spiro atoms. The monoisotopic (exact) mass is 1020 g/mol. The minimum absolute atomic E-state index is 0.00712. The molecule has 0 aromatic rings. The summed E-state index contributed by atoms with van der Waals surface area (Å²) in [6.07, 6.45) is 80.3. The fourth-order valence-electron chi connectivity index (χ4n) is 9.84. The molecule has 0 aliphatic heterocycles. The van der Waals surface area contributed by atoms with Crippen molar-refractivity contribution in [1.82, 2.24) is 5.32 Å². The zero-order valence-electron chi connectivity index (χ0n) is 48.9. The summed E-state index contributed by atoms with van der Waals surface area (Å²) in [6, 6.07) is -0.628. The molecule has 2 unspecified atom stereocenters. The van der Waals surface area contributed by atoms with Crippen molar-refractivity contribution in [2.24, 2.45) is 0 Å². The van der Waals surface area contributed by atoms with Gasteiger partial charge in [-0.15, -0.1) is 0 Å². The Labute approximate surface area is 455 Å². The van der Waals surface area contributed by atoms with Gasteiger partial charge in [-0.05, 0) is 89.9 Å². The van der Waals surface area contributed by atoms with Gasteiger partial charge in [-0.25, -0.2) is 0 Å². The summed E-state index contributed by atoms with van der Waals surface area (Å²) in [7, 11) is 0. The predicted octanol–water partition coefficient (Wildman–Crippen LogP) is 20.5. The summed E-state index contributed by atoms with van der Waals surface area (Å²) < 4.78 is 5.50. The minimum atomic E-state index is -0.844. The van der Waals surface area contributed by atoms with Crippen LogP contribution in [0.2, 0.25) is 0 Å². The number of nitrogens with one attached hydrogen (secondary N) is 1. The van der Waals surface area contributed by atoms with E-state index in [-0.39, 0.29) is 18.5 Å². The van der Waals surface area contributed by atoms with Gasteiger partial charge in [0.15, 0.2) is 0 Å². The Morgan fingerprint density at radius 2 is 0.685 bits per heavy atom. The summed E-state index contributed by atoms with van der Waals surface area (Å²) in [6.45, 7) is 4.88. The second-order valence-electron chi connectivity index (χ2n) is 22.1. The minimum Gasteiger partial charge on any atom is -0.466 e. The number of hydrogen-bond donors (Lipinski definition) is 3. The van der Waals surface area contributed by atoms with Crippen LogP contribution in [0.5, 0.6) is 0 Å². The normalized spacial score (nSPS) is 12.9. The molecule has 73 heavy (non-hydrogen) atoms. The van der Waals surface area contributed by atoms with Gasteiger partial charge < -0.3 is 20.3 Å². The first-order valence-corrected chi connectivity index (χ1v) is 32.4. The lowest BCUT2D eigenvalue weighted by atomic mass is 10.0. The molecule has 0 fully saturated rings. The Hall–Kier alpha value is -2.18. The van der Waals surface area contributed by atoms with Crippen molar-refractivity contribution < 1.29 is 24.5 Å². The van der Waals surface area contributed by atoms with Crippen LogP contribution in [0.25, 0.3) is 0 Å². The van der Waals surface area contributed by atoms with Crippen LogP contribution < -0.4 is 5.32 Å². The summed E-state index contributed by atoms with van der Waals surface area (Å²) in [5.74, 6) is -0.0627. The summed E-state index contributed by atoms with van der Waals surface area (Å²) >= 11 is 0.